The van der Waals surface area contributed by atoms with Crippen LogP contribution in [0.5, 0.6) is 0 Å². The fourth-order valence-electron chi connectivity index (χ4n) is 2.46. The van der Waals surface area contributed by atoms with Crippen molar-refractivity contribution in [3.05, 3.63) is 69.0 Å². The fraction of sp³-hybridized carbons (Fsp3) is 0.125. The summed E-state index contributed by atoms with van der Waals surface area (Å²) in [5.74, 6) is -0.899. The van der Waals surface area contributed by atoms with Crippen LogP contribution in [0.1, 0.15) is 17.2 Å². The number of halogens is 3. The second kappa shape index (κ2) is 5.83. The van der Waals surface area contributed by atoms with Crippen molar-refractivity contribution in [2.75, 3.05) is 7.05 Å². The van der Waals surface area contributed by atoms with Gasteiger partial charge in [0.15, 0.2) is 0 Å². The maximum Gasteiger partial charge on any atom is 0.137 e. The molecule has 0 fully saturated rings. The Labute approximate surface area is 133 Å². The summed E-state index contributed by atoms with van der Waals surface area (Å²) in [5.41, 5.74) is 1.26. The van der Waals surface area contributed by atoms with Gasteiger partial charge in [0, 0.05) is 10.3 Å². The zero-order chi connectivity index (χ0) is 15.0. The average molecular weight is 368 g/mol. The largest absolute Gasteiger partial charge is 0.309 e. The fourth-order valence-corrected chi connectivity index (χ4v) is 3.76. The Balaban J connectivity index is 2.17. The smallest absolute Gasteiger partial charge is 0.137 e. The molecule has 3 aromatic rings. The van der Waals surface area contributed by atoms with E-state index < -0.39 is 11.6 Å². The number of rotatable bonds is 3. The van der Waals surface area contributed by atoms with Crippen LogP contribution in [0.2, 0.25) is 0 Å². The molecule has 2 aromatic carbocycles. The van der Waals surface area contributed by atoms with Gasteiger partial charge in [-0.3, -0.25) is 0 Å². The van der Waals surface area contributed by atoms with Gasteiger partial charge < -0.3 is 5.32 Å². The van der Waals surface area contributed by atoms with Gasteiger partial charge in [0.2, 0.25) is 0 Å². The first kappa shape index (κ1) is 14.6. The monoisotopic (exact) mass is 367 g/mol. The van der Waals surface area contributed by atoms with Crippen molar-refractivity contribution < 1.29 is 8.78 Å². The van der Waals surface area contributed by atoms with Gasteiger partial charge in [-0.2, -0.15) is 0 Å². The highest BCUT2D eigenvalue weighted by atomic mass is 79.9. The Morgan fingerprint density at radius 3 is 2.62 bits per heavy atom. The van der Waals surface area contributed by atoms with Gasteiger partial charge in [0.05, 0.1) is 10.5 Å². The Morgan fingerprint density at radius 2 is 1.86 bits per heavy atom. The molecule has 0 bridgehead atoms. The Kier molecular flexibility index (Phi) is 4.06. The van der Waals surface area contributed by atoms with E-state index in [2.05, 4.69) is 21.2 Å². The van der Waals surface area contributed by atoms with E-state index in [4.69, 9.17) is 0 Å². The summed E-state index contributed by atoms with van der Waals surface area (Å²) in [6.07, 6.45) is 0. The van der Waals surface area contributed by atoms with Gasteiger partial charge in [-0.15, -0.1) is 11.3 Å². The van der Waals surface area contributed by atoms with Crippen molar-refractivity contribution in [2.45, 2.75) is 6.04 Å². The molecule has 0 saturated heterocycles. The molecule has 3 rings (SSSR count). The maximum atomic E-state index is 14.2. The average Bonchev–Trinajstić information content (AvgIpc) is 2.89. The summed E-state index contributed by atoms with van der Waals surface area (Å²) < 4.78 is 29.3. The molecule has 0 radical (unpaired) electrons. The van der Waals surface area contributed by atoms with Gasteiger partial charge in [-0.1, -0.05) is 18.2 Å². The van der Waals surface area contributed by atoms with Gasteiger partial charge in [0.25, 0.3) is 0 Å². The normalized spacial score (nSPS) is 12.8. The van der Waals surface area contributed by atoms with Crippen LogP contribution in [0.25, 0.3) is 10.1 Å². The van der Waals surface area contributed by atoms with E-state index in [-0.39, 0.29) is 10.5 Å². The molecule has 0 amide bonds. The van der Waals surface area contributed by atoms with Gasteiger partial charge in [-0.05, 0) is 57.5 Å². The summed E-state index contributed by atoms with van der Waals surface area (Å²) >= 11 is 4.61. The minimum Gasteiger partial charge on any atom is -0.309 e. The topological polar surface area (TPSA) is 12.0 Å². The number of fused-ring (bicyclic) bond motifs is 1. The van der Waals surface area contributed by atoms with Crippen LogP contribution in [-0.2, 0) is 0 Å². The first-order chi connectivity index (χ1) is 10.1. The third-order valence-corrected chi connectivity index (χ3v) is 5.05. The Bertz CT molecular complexity index is 800. The number of hydrogen-bond donors (Lipinski definition) is 1. The summed E-state index contributed by atoms with van der Waals surface area (Å²) in [6.45, 7) is 0. The molecule has 0 spiro atoms. The number of nitrogens with one attached hydrogen (secondary N) is 1. The molecule has 0 aliphatic rings. The molecule has 21 heavy (non-hydrogen) atoms. The third-order valence-electron chi connectivity index (χ3n) is 3.46. The highest BCUT2D eigenvalue weighted by Gasteiger charge is 2.21. The summed E-state index contributed by atoms with van der Waals surface area (Å²) in [6, 6.07) is 9.97. The molecule has 0 aliphatic carbocycles. The second-order valence-corrected chi connectivity index (χ2v) is 6.46. The highest BCUT2D eigenvalue weighted by molar-refractivity contribution is 9.10. The molecule has 0 saturated carbocycles. The molecule has 1 unspecified atom stereocenters. The van der Waals surface area contributed by atoms with E-state index in [9.17, 15) is 8.78 Å². The van der Waals surface area contributed by atoms with E-state index in [1.807, 2.05) is 29.6 Å². The van der Waals surface area contributed by atoms with Crippen LogP contribution in [0, 0.1) is 11.6 Å². The summed E-state index contributed by atoms with van der Waals surface area (Å²) in [5, 5.41) is 6.14. The third kappa shape index (κ3) is 2.61. The van der Waals surface area contributed by atoms with E-state index in [1.54, 1.807) is 18.4 Å². The standard InChI is InChI=1S/C16H12BrF2NS/c1-20-16(10-6-14(19)12(17)7-13(10)18)11-8-21-15-5-3-2-4-9(11)15/h2-8,16,20H,1H3. The molecule has 1 N–H and O–H groups in total. The number of thiophene rings is 1. The van der Waals surface area contributed by atoms with Crippen LogP contribution >= 0.6 is 27.3 Å². The van der Waals surface area contributed by atoms with Crippen LogP contribution < -0.4 is 5.32 Å². The molecule has 0 aliphatic heterocycles. The Morgan fingerprint density at radius 1 is 1.10 bits per heavy atom. The number of hydrogen-bond acceptors (Lipinski definition) is 2. The lowest BCUT2D eigenvalue weighted by Crippen LogP contribution is -2.19. The molecule has 1 nitrogen and oxygen atoms in total. The molecule has 1 atom stereocenters. The molecule has 1 aromatic heterocycles. The minimum atomic E-state index is -0.466. The molecular weight excluding hydrogens is 356 g/mol. The zero-order valence-electron chi connectivity index (χ0n) is 11.2. The van der Waals surface area contributed by atoms with E-state index in [1.165, 1.54) is 12.1 Å². The maximum absolute atomic E-state index is 14.2. The van der Waals surface area contributed by atoms with E-state index >= 15 is 0 Å². The lowest BCUT2D eigenvalue weighted by atomic mass is 9.98. The van der Waals surface area contributed by atoms with Crippen LogP contribution in [0.15, 0.2) is 46.3 Å². The van der Waals surface area contributed by atoms with Crippen molar-refractivity contribution >= 4 is 37.4 Å². The SMILES string of the molecule is CNC(c1cc(F)c(Br)cc1F)c1csc2ccccc12. The van der Waals surface area contributed by atoms with Crippen LogP contribution in [0.4, 0.5) is 8.78 Å². The highest BCUT2D eigenvalue weighted by Crippen LogP contribution is 2.35. The van der Waals surface area contributed by atoms with Crippen molar-refractivity contribution in [2.24, 2.45) is 0 Å². The minimum absolute atomic E-state index is 0.133. The predicted octanol–water partition coefficient (Wildman–Crippen LogP) is 5.25. The molecule has 5 heteroatoms. The van der Waals surface area contributed by atoms with Crippen molar-refractivity contribution in [1.82, 2.24) is 5.32 Å². The molecular formula is C16H12BrF2NS. The van der Waals surface area contributed by atoms with E-state index in [0.717, 1.165) is 15.6 Å². The summed E-state index contributed by atoms with van der Waals surface area (Å²) in [4.78, 5) is 0. The first-order valence-corrected chi connectivity index (χ1v) is 8.07. The van der Waals surface area contributed by atoms with E-state index in [0.29, 0.717) is 5.56 Å². The molecule has 108 valence electrons. The second-order valence-electron chi connectivity index (χ2n) is 4.70. The van der Waals surface area contributed by atoms with Gasteiger partial charge >= 0.3 is 0 Å². The van der Waals surface area contributed by atoms with Crippen molar-refractivity contribution in [1.29, 1.82) is 0 Å². The van der Waals surface area contributed by atoms with Crippen LogP contribution in [0.3, 0.4) is 0 Å². The predicted molar refractivity (Wildman–Crippen MR) is 86.8 cm³/mol. The van der Waals surface area contributed by atoms with Gasteiger partial charge in [0.1, 0.15) is 11.6 Å². The Hall–Kier alpha value is -1.30. The first-order valence-electron chi connectivity index (χ1n) is 6.39. The van der Waals surface area contributed by atoms with Crippen molar-refractivity contribution in [3.63, 3.8) is 0 Å². The lowest BCUT2D eigenvalue weighted by Gasteiger charge is -2.17. The summed E-state index contributed by atoms with van der Waals surface area (Å²) in [7, 11) is 1.75. The van der Waals surface area contributed by atoms with Gasteiger partial charge in [-0.25, -0.2) is 8.78 Å². The van der Waals surface area contributed by atoms with Crippen LogP contribution in [-0.4, -0.2) is 7.05 Å². The quantitative estimate of drug-likeness (QED) is 0.623. The van der Waals surface area contributed by atoms with Crippen molar-refractivity contribution in [3.8, 4) is 0 Å². The molecule has 1 heterocycles. The number of benzene rings is 2. The lowest BCUT2D eigenvalue weighted by molar-refractivity contribution is 0.556. The zero-order valence-corrected chi connectivity index (χ0v) is 13.6.